The predicted molar refractivity (Wildman–Crippen MR) is 80.5 cm³/mol. The second-order valence-corrected chi connectivity index (χ2v) is 5.38. The smallest absolute Gasteiger partial charge is 0.165 e. The molecule has 0 bridgehead atoms. The zero-order valence-electron chi connectivity index (χ0n) is 12.3. The molecule has 0 aliphatic carbocycles. The van der Waals surface area contributed by atoms with E-state index in [9.17, 15) is 4.39 Å². The molecule has 1 aromatic carbocycles. The Labute approximate surface area is 132 Å². The summed E-state index contributed by atoms with van der Waals surface area (Å²) in [4.78, 5) is 4.65. The van der Waals surface area contributed by atoms with Gasteiger partial charge in [0.15, 0.2) is 11.6 Å². The van der Waals surface area contributed by atoms with Gasteiger partial charge in [-0.3, -0.25) is 0 Å². The van der Waals surface area contributed by atoms with Gasteiger partial charge in [-0.15, -0.1) is 0 Å². The molecule has 3 aromatic rings. The van der Waals surface area contributed by atoms with Crippen LogP contribution in [0.2, 0.25) is 0 Å². The van der Waals surface area contributed by atoms with Crippen LogP contribution in [0.1, 0.15) is 18.2 Å². The highest BCUT2D eigenvalue weighted by Crippen LogP contribution is 2.27. The Morgan fingerprint density at radius 2 is 2.17 bits per heavy atom. The number of hydrogen-bond donors (Lipinski definition) is 0. The first kappa shape index (κ1) is 14.0. The van der Waals surface area contributed by atoms with Gasteiger partial charge in [0, 0.05) is 18.1 Å². The average molecular weight is 311 g/mol. The molecule has 3 heterocycles. The highest BCUT2D eigenvalue weighted by molar-refractivity contribution is 5.56. The first-order chi connectivity index (χ1) is 11.3. The minimum Gasteiger partial charge on any atom is -0.381 e. The third-order valence-electron chi connectivity index (χ3n) is 3.81. The fourth-order valence-corrected chi connectivity index (χ4v) is 2.64. The fraction of sp³-hybridized carbons (Fsp3) is 0.250. The minimum atomic E-state index is -0.317. The van der Waals surface area contributed by atoms with Crippen molar-refractivity contribution >= 4 is 0 Å². The summed E-state index contributed by atoms with van der Waals surface area (Å²) in [6.07, 6.45) is 4.11. The molecule has 1 fully saturated rings. The second-order valence-electron chi connectivity index (χ2n) is 5.38. The molecule has 0 spiro atoms. The summed E-state index contributed by atoms with van der Waals surface area (Å²) in [5, 5.41) is 12.3. The lowest BCUT2D eigenvalue weighted by Crippen LogP contribution is -2.03. The zero-order valence-corrected chi connectivity index (χ0v) is 12.3. The van der Waals surface area contributed by atoms with Crippen molar-refractivity contribution in [2.24, 2.45) is 0 Å². The molecular formula is C16H14FN5O. The van der Waals surface area contributed by atoms with Crippen molar-refractivity contribution < 1.29 is 9.13 Å². The summed E-state index contributed by atoms with van der Waals surface area (Å²) in [6.45, 7) is 1.33. The number of rotatable bonds is 3. The molecule has 6 nitrogen and oxygen atoms in total. The highest BCUT2D eigenvalue weighted by atomic mass is 19.1. The predicted octanol–water partition coefficient (Wildman–Crippen LogP) is 2.37. The van der Waals surface area contributed by atoms with Crippen molar-refractivity contribution in [2.45, 2.75) is 12.3 Å². The Balaban J connectivity index is 1.85. The van der Waals surface area contributed by atoms with E-state index in [1.165, 1.54) is 12.1 Å². The summed E-state index contributed by atoms with van der Waals surface area (Å²) in [7, 11) is 0. The van der Waals surface area contributed by atoms with Crippen molar-refractivity contribution in [1.82, 2.24) is 25.0 Å². The first-order valence-corrected chi connectivity index (χ1v) is 7.39. The van der Waals surface area contributed by atoms with Crippen molar-refractivity contribution in [3.8, 4) is 17.1 Å². The van der Waals surface area contributed by atoms with Crippen molar-refractivity contribution in [3.05, 3.63) is 54.4 Å². The summed E-state index contributed by atoms with van der Waals surface area (Å²) < 4.78 is 20.7. The SMILES string of the molecule is Fc1cccc(-n2nc(C3CCOC3)nc2-c2ccnnc2)c1. The highest BCUT2D eigenvalue weighted by Gasteiger charge is 2.24. The summed E-state index contributed by atoms with van der Waals surface area (Å²) in [5.74, 6) is 1.17. The molecule has 4 rings (SSSR count). The van der Waals surface area contributed by atoms with Gasteiger partial charge in [-0.25, -0.2) is 14.1 Å². The fourth-order valence-electron chi connectivity index (χ4n) is 2.64. The van der Waals surface area contributed by atoms with Gasteiger partial charge in [-0.1, -0.05) is 6.07 Å². The zero-order chi connectivity index (χ0) is 15.6. The third kappa shape index (κ3) is 2.70. The minimum absolute atomic E-state index is 0.165. The Kier molecular flexibility index (Phi) is 3.55. The standard InChI is InChI=1S/C16H14FN5O/c17-13-2-1-3-14(8-13)22-16(11-4-6-18-19-9-11)20-15(21-22)12-5-7-23-10-12/h1-4,6,8-9,12H,5,7,10H2. The summed E-state index contributed by atoms with van der Waals surface area (Å²) in [5.41, 5.74) is 1.40. The van der Waals surface area contributed by atoms with Crippen LogP contribution in [0, 0.1) is 5.82 Å². The molecule has 1 aliphatic rings. The average Bonchev–Trinajstić information content (AvgIpc) is 3.25. The van der Waals surface area contributed by atoms with Crippen LogP contribution in [-0.2, 0) is 4.74 Å². The van der Waals surface area contributed by atoms with Crippen LogP contribution in [0.3, 0.4) is 0 Å². The molecule has 0 radical (unpaired) electrons. The largest absolute Gasteiger partial charge is 0.381 e. The van der Waals surface area contributed by atoms with Gasteiger partial charge in [0.05, 0.1) is 24.7 Å². The Hall–Kier alpha value is -2.67. The van der Waals surface area contributed by atoms with Crippen LogP contribution in [0.25, 0.3) is 17.1 Å². The lowest BCUT2D eigenvalue weighted by Gasteiger charge is -2.05. The van der Waals surface area contributed by atoms with E-state index < -0.39 is 0 Å². The van der Waals surface area contributed by atoms with Crippen LogP contribution in [0.15, 0.2) is 42.7 Å². The molecule has 1 atom stereocenters. The van der Waals surface area contributed by atoms with Crippen LogP contribution in [0.4, 0.5) is 4.39 Å². The molecular weight excluding hydrogens is 297 g/mol. The van der Waals surface area contributed by atoms with Crippen molar-refractivity contribution in [3.63, 3.8) is 0 Å². The summed E-state index contributed by atoms with van der Waals surface area (Å²) >= 11 is 0. The quantitative estimate of drug-likeness (QED) is 0.743. The lowest BCUT2D eigenvalue weighted by molar-refractivity contribution is 0.193. The van der Waals surface area contributed by atoms with Gasteiger partial charge in [-0.2, -0.15) is 15.3 Å². The van der Waals surface area contributed by atoms with Crippen LogP contribution in [-0.4, -0.2) is 38.2 Å². The van der Waals surface area contributed by atoms with E-state index in [0.717, 1.165) is 12.0 Å². The second kappa shape index (κ2) is 5.85. The van der Waals surface area contributed by atoms with Gasteiger partial charge in [0.1, 0.15) is 5.82 Å². The van der Waals surface area contributed by atoms with Crippen LogP contribution in [0.5, 0.6) is 0 Å². The Morgan fingerprint density at radius 1 is 1.22 bits per heavy atom. The Bertz CT molecular complexity index is 814. The molecule has 2 aromatic heterocycles. The van der Waals surface area contributed by atoms with E-state index in [1.54, 1.807) is 29.2 Å². The lowest BCUT2D eigenvalue weighted by atomic mass is 10.1. The number of aromatic nitrogens is 5. The number of benzene rings is 1. The number of hydrogen-bond acceptors (Lipinski definition) is 5. The molecule has 0 N–H and O–H groups in total. The van der Waals surface area contributed by atoms with Gasteiger partial charge in [0.25, 0.3) is 0 Å². The summed E-state index contributed by atoms with van der Waals surface area (Å²) in [6, 6.07) is 8.09. The number of nitrogens with zero attached hydrogens (tertiary/aromatic N) is 5. The molecule has 0 amide bonds. The van der Waals surface area contributed by atoms with Crippen molar-refractivity contribution in [1.29, 1.82) is 0 Å². The van der Waals surface area contributed by atoms with E-state index in [-0.39, 0.29) is 11.7 Å². The van der Waals surface area contributed by atoms with Gasteiger partial charge in [-0.05, 0) is 30.7 Å². The van der Waals surface area contributed by atoms with E-state index in [4.69, 9.17) is 4.74 Å². The molecule has 0 saturated carbocycles. The molecule has 1 aliphatic heterocycles. The maximum absolute atomic E-state index is 13.6. The van der Waals surface area contributed by atoms with Crippen molar-refractivity contribution in [2.75, 3.05) is 13.2 Å². The Morgan fingerprint density at radius 3 is 2.91 bits per heavy atom. The third-order valence-corrected chi connectivity index (χ3v) is 3.81. The van der Waals surface area contributed by atoms with E-state index in [1.807, 2.05) is 6.07 Å². The van der Waals surface area contributed by atoms with E-state index in [2.05, 4.69) is 20.3 Å². The molecule has 116 valence electrons. The monoisotopic (exact) mass is 311 g/mol. The van der Waals surface area contributed by atoms with E-state index >= 15 is 0 Å². The van der Waals surface area contributed by atoms with Gasteiger partial charge >= 0.3 is 0 Å². The maximum Gasteiger partial charge on any atom is 0.165 e. The normalized spacial score (nSPS) is 17.5. The topological polar surface area (TPSA) is 65.7 Å². The molecule has 23 heavy (non-hydrogen) atoms. The first-order valence-electron chi connectivity index (χ1n) is 7.39. The molecule has 1 unspecified atom stereocenters. The van der Waals surface area contributed by atoms with Crippen LogP contribution < -0.4 is 0 Å². The number of ether oxygens (including phenoxy) is 1. The van der Waals surface area contributed by atoms with Gasteiger partial charge < -0.3 is 4.74 Å². The van der Waals surface area contributed by atoms with Gasteiger partial charge in [0.2, 0.25) is 0 Å². The maximum atomic E-state index is 13.6. The number of halogens is 1. The molecule has 1 saturated heterocycles. The molecule has 7 heteroatoms. The van der Waals surface area contributed by atoms with E-state index in [0.29, 0.717) is 30.5 Å². The van der Waals surface area contributed by atoms with Crippen LogP contribution >= 0.6 is 0 Å².